The van der Waals surface area contributed by atoms with Gasteiger partial charge in [0.05, 0.1) is 17.4 Å². The van der Waals surface area contributed by atoms with Gasteiger partial charge in [-0.15, -0.1) is 0 Å². The molecule has 0 atom stereocenters. The standard InChI is InChI=1S/C18H18O4/c1-3-4-7-21-12-9-15(19)17-14-8-11(2)5-6-13(14)18(20)22-16(17)10-12/h5-6,8-10,19H,3-4,7H2,1-2H3. The molecule has 0 fully saturated rings. The van der Waals surface area contributed by atoms with Crippen LogP contribution in [-0.2, 0) is 0 Å². The van der Waals surface area contributed by atoms with E-state index in [9.17, 15) is 9.90 Å². The summed E-state index contributed by atoms with van der Waals surface area (Å²) in [5.74, 6) is 0.567. The lowest BCUT2D eigenvalue weighted by Gasteiger charge is -2.09. The van der Waals surface area contributed by atoms with E-state index >= 15 is 0 Å². The molecule has 1 heterocycles. The van der Waals surface area contributed by atoms with E-state index in [4.69, 9.17) is 9.15 Å². The van der Waals surface area contributed by atoms with Crippen molar-refractivity contribution in [2.24, 2.45) is 0 Å². The number of hydrogen-bond donors (Lipinski definition) is 1. The van der Waals surface area contributed by atoms with Crippen molar-refractivity contribution in [1.82, 2.24) is 0 Å². The summed E-state index contributed by atoms with van der Waals surface area (Å²) < 4.78 is 10.9. The Kier molecular flexibility index (Phi) is 3.75. The van der Waals surface area contributed by atoms with E-state index in [-0.39, 0.29) is 5.75 Å². The minimum atomic E-state index is -0.410. The second-order valence-electron chi connectivity index (χ2n) is 5.46. The number of ether oxygens (including phenoxy) is 1. The van der Waals surface area contributed by atoms with Gasteiger partial charge in [0.2, 0.25) is 0 Å². The highest BCUT2D eigenvalue weighted by atomic mass is 16.5. The van der Waals surface area contributed by atoms with Crippen molar-refractivity contribution in [2.75, 3.05) is 6.61 Å². The third kappa shape index (κ3) is 2.52. The third-order valence-electron chi connectivity index (χ3n) is 3.69. The summed E-state index contributed by atoms with van der Waals surface area (Å²) in [5.41, 5.74) is 0.948. The Bertz CT molecular complexity index is 893. The van der Waals surface area contributed by atoms with Crippen molar-refractivity contribution >= 4 is 21.7 Å². The summed E-state index contributed by atoms with van der Waals surface area (Å²) in [5, 5.41) is 12.1. The van der Waals surface area contributed by atoms with Crippen molar-refractivity contribution in [1.29, 1.82) is 0 Å². The van der Waals surface area contributed by atoms with Crippen LogP contribution in [0.4, 0.5) is 0 Å². The molecule has 3 aromatic rings. The zero-order valence-electron chi connectivity index (χ0n) is 12.7. The minimum Gasteiger partial charge on any atom is -0.507 e. The fourth-order valence-corrected chi connectivity index (χ4v) is 2.54. The number of phenols is 1. The van der Waals surface area contributed by atoms with Gasteiger partial charge in [-0.05, 0) is 19.4 Å². The van der Waals surface area contributed by atoms with Gasteiger partial charge < -0.3 is 14.3 Å². The Labute approximate surface area is 127 Å². The minimum absolute atomic E-state index is 0.0587. The molecule has 1 aromatic heterocycles. The molecular weight excluding hydrogens is 280 g/mol. The Morgan fingerprint density at radius 1 is 1.18 bits per heavy atom. The summed E-state index contributed by atoms with van der Waals surface area (Å²) in [6.45, 7) is 4.59. The van der Waals surface area contributed by atoms with E-state index in [1.54, 1.807) is 18.2 Å². The number of unbranched alkanes of at least 4 members (excludes halogenated alkanes) is 1. The lowest BCUT2D eigenvalue weighted by atomic mass is 10.0. The molecule has 114 valence electrons. The van der Waals surface area contributed by atoms with E-state index in [1.807, 2.05) is 19.1 Å². The van der Waals surface area contributed by atoms with Gasteiger partial charge in [-0.1, -0.05) is 31.0 Å². The second kappa shape index (κ2) is 5.72. The van der Waals surface area contributed by atoms with Crippen LogP contribution in [0.1, 0.15) is 25.3 Å². The van der Waals surface area contributed by atoms with Crippen LogP contribution in [0.2, 0.25) is 0 Å². The smallest absolute Gasteiger partial charge is 0.344 e. The molecule has 0 amide bonds. The van der Waals surface area contributed by atoms with Crippen LogP contribution in [0.25, 0.3) is 21.7 Å². The van der Waals surface area contributed by atoms with Gasteiger partial charge in [0, 0.05) is 17.5 Å². The molecule has 0 unspecified atom stereocenters. The van der Waals surface area contributed by atoms with Crippen molar-refractivity contribution in [3.63, 3.8) is 0 Å². The molecule has 0 saturated carbocycles. The Morgan fingerprint density at radius 2 is 2.00 bits per heavy atom. The zero-order chi connectivity index (χ0) is 15.7. The lowest BCUT2D eigenvalue weighted by molar-refractivity contribution is 0.307. The summed E-state index contributed by atoms with van der Waals surface area (Å²) in [6.07, 6.45) is 1.96. The van der Waals surface area contributed by atoms with Gasteiger partial charge in [0.1, 0.15) is 17.1 Å². The van der Waals surface area contributed by atoms with Crippen LogP contribution in [0.5, 0.6) is 11.5 Å². The summed E-state index contributed by atoms with van der Waals surface area (Å²) in [7, 11) is 0. The van der Waals surface area contributed by atoms with Gasteiger partial charge >= 0.3 is 5.63 Å². The second-order valence-corrected chi connectivity index (χ2v) is 5.46. The maximum atomic E-state index is 12.1. The predicted molar refractivity (Wildman–Crippen MR) is 86.8 cm³/mol. The van der Waals surface area contributed by atoms with Gasteiger partial charge in [-0.3, -0.25) is 0 Å². The number of rotatable bonds is 4. The molecule has 0 spiro atoms. The first-order valence-corrected chi connectivity index (χ1v) is 7.43. The van der Waals surface area contributed by atoms with Crippen molar-refractivity contribution in [2.45, 2.75) is 26.7 Å². The highest BCUT2D eigenvalue weighted by molar-refractivity contribution is 6.08. The summed E-state index contributed by atoms with van der Waals surface area (Å²) in [4.78, 5) is 12.1. The molecule has 4 nitrogen and oxygen atoms in total. The van der Waals surface area contributed by atoms with Crippen molar-refractivity contribution in [3.05, 3.63) is 46.3 Å². The maximum Gasteiger partial charge on any atom is 0.344 e. The van der Waals surface area contributed by atoms with Crippen molar-refractivity contribution < 1.29 is 14.3 Å². The zero-order valence-corrected chi connectivity index (χ0v) is 12.7. The quantitative estimate of drug-likeness (QED) is 0.447. The normalized spacial score (nSPS) is 11.2. The van der Waals surface area contributed by atoms with E-state index in [0.29, 0.717) is 34.1 Å². The van der Waals surface area contributed by atoms with E-state index < -0.39 is 5.63 Å². The van der Waals surface area contributed by atoms with Crippen molar-refractivity contribution in [3.8, 4) is 11.5 Å². The third-order valence-corrected chi connectivity index (χ3v) is 3.69. The number of fused-ring (bicyclic) bond motifs is 3. The van der Waals surface area contributed by atoms with E-state index in [2.05, 4.69) is 6.92 Å². The number of benzene rings is 2. The molecule has 4 heteroatoms. The lowest BCUT2D eigenvalue weighted by Crippen LogP contribution is -2.01. The molecular formula is C18H18O4. The summed E-state index contributed by atoms with van der Waals surface area (Å²) >= 11 is 0. The van der Waals surface area contributed by atoms with Gasteiger partial charge in [-0.25, -0.2) is 4.79 Å². The monoisotopic (exact) mass is 298 g/mol. The first-order valence-electron chi connectivity index (χ1n) is 7.43. The number of aryl methyl sites for hydroxylation is 1. The predicted octanol–water partition coefficient (Wildman–Crippen LogP) is 4.14. The van der Waals surface area contributed by atoms with Crippen LogP contribution < -0.4 is 10.4 Å². The Morgan fingerprint density at radius 3 is 2.77 bits per heavy atom. The maximum absolute atomic E-state index is 12.1. The molecule has 3 rings (SSSR count). The number of phenolic OH excluding ortho intramolecular Hbond substituents is 1. The average molecular weight is 298 g/mol. The molecule has 1 N–H and O–H groups in total. The van der Waals surface area contributed by atoms with Crippen LogP contribution in [0.15, 0.2) is 39.5 Å². The SMILES string of the molecule is CCCCOc1cc(O)c2c(c1)oc(=O)c1ccc(C)cc12. The highest BCUT2D eigenvalue weighted by Crippen LogP contribution is 2.34. The fourth-order valence-electron chi connectivity index (χ4n) is 2.54. The van der Waals surface area contributed by atoms with Gasteiger partial charge in [0.15, 0.2) is 0 Å². The number of aromatic hydroxyl groups is 1. The molecule has 0 bridgehead atoms. The molecule has 0 aliphatic rings. The van der Waals surface area contributed by atoms with Gasteiger partial charge in [-0.2, -0.15) is 0 Å². The van der Waals surface area contributed by atoms with E-state index in [0.717, 1.165) is 18.4 Å². The highest BCUT2D eigenvalue weighted by Gasteiger charge is 2.13. The molecule has 22 heavy (non-hydrogen) atoms. The molecule has 0 aliphatic heterocycles. The molecule has 0 saturated heterocycles. The van der Waals surface area contributed by atoms with Crippen LogP contribution in [-0.4, -0.2) is 11.7 Å². The molecule has 2 aromatic carbocycles. The van der Waals surface area contributed by atoms with Crippen LogP contribution >= 0.6 is 0 Å². The molecule has 0 aliphatic carbocycles. The first-order chi connectivity index (χ1) is 10.6. The largest absolute Gasteiger partial charge is 0.507 e. The van der Waals surface area contributed by atoms with Gasteiger partial charge in [0.25, 0.3) is 0 Å². The van der Waals surface area contributed by atoms with Crippen LogP contribution in [0, 0.1) is 6.92 Å². The fraction of sp³-hybridized carbons (Fsp3) is 0.278. The average Bonchev–Trinajstić information content (AvgIpc) is 2.46. The van der Waals surface area contributed by atoms with E-state index in [1.165, 1.54) is 0 Å². The topological polar surface area (TPSA) is 59.7 Å². The first kappa shape index (κ1) is 14.4. The Balaban J connectivity index is 2.23. The number of hydrogen-bond acceptors (Lipinski definition) is 4. The van der Waals surface area contributed by atoms with Crippen LogP contribution in [0.3, 0.4) is 0 Å². The molecule has 0 radical (unpaired) electrons. The Hall–Kier alpha value is -2.49. The summed E-state index contributed by atoms with van der Waals surface area (Å²) in [6, 6.07) is 8.69.